The molecule has 0 saturated carbocycles. The summed E-state index contributed by atoms with van der Waals surface area (Å²) in [5, 5.41) is 12.2. The minimum Gasteiger partial charge on any atom is -0.481 e. The number of nitrogens with zero attached hydrogens (tertiary/aromatic N) is 1. The van der Waals surface area contributed by atoms with Crippen LogP contribution in [0.5, 0.6) is 0 Å². The minimum absolute atomic E-state index is 0.0498. The van der Waals surface area contributed by atoms with Crippen molar-refractivity contribution in [2.24, 2.45) is 5.41 Å². The molecule has 4 nitrogen and oxygen atoms in total. The molecule has 2 aromatic rings. The fraction of sp³-hybridized carbons (Fsp3) is 0.450. The van der Waals surface area contributed by atoms with Crippen LogP contribution in [-0.4, -0.2) is 21.8 Å². The Bertz CT molecular complexity index is 736. The number of hydrogen-bond donors (Lipinski definition) is 1. The lowest BCUT2D eigenvalue weighted by molar-refractivity contribution is -0.150. The molecule has 0 aliphatic carbocycles. The van der Waals surface area contributed by atoms with E-state index in [2.05, 4.69) is 24.0 Å². The number of ketones is 1. The Labute approximate surface area is 152 Å². The average Bonchev–Trinajstić information content (AvgIpc) is 3.03. The number of rotatable bonds is 9. The molecule has 0 saturated heterocycles. The second-order valence-corrected chi connectivity index (χ2v) is 7.56. The Morgan fingerprint density at radius 3 is 2.44 bits per heavy atom. The number of hydrogen-bond acceptors (Lipinski definition) is 4. The molecule has 2 rings (SSSR count). The van der Waals surface area contributed by atoms with Gasteiger partial charge in [0, 0.05) is 23.8 Å². The molecular weight excluding hydrogens is 334 g/mol. The third kappa shape index (κ3) is 4.98. The van der Waals surface area contributed by atoms with Gasteiger partial charge in [-0.1, -0.05) is 44.5 Å². The minimum atomic E-state index is -0.985. The summed E-state index contributed by atoms with van der Waals surface area (Å²) in [6, 6.07) is 8.27. The predicted molar refractivity (Wildman–Crippen MR) is 101 cm³/mol. The van der Waals surface area contributed by atoms with Gasteiger partial charge >= 0.3 is 5.97 Å². The summed E-state index contributed by atoms with van der Waals surface area (Å²) in [5.74, 6) is -0.978. The van der Waals surface area contributed by atoms with Crippen LogP contribution >= 0.6 is 11.3 Å². The number of thiazole rings is 1. The van der Waals surface area contributed by atoms with Gasteiger partial charge in [-0.3, -0.25) is 9.59 Å². The van der Waals surface area contributed by atoms with Crippen LogP contribution in [0.4, 0.5) is 0 Å². The monoisotopic (exact) mass is 359 g/mol. The van der Waals surface area contributed by atoms with E-state index in [4.69, 9.17) is 0 Å². The predicted octanol–water partition coefficient (Wildman–Crippen LogP) is 4.77. The van der Waals surface area contributed by atoms with Gasteiger partial charge in [-0.05, 0) is 25.3 Å². The summed E-state index contributed by atoms with van der Waals surface area (Å²) in [5.41, 5.74) is 2.05. The molecule has 134 valence electrons. The number of aromatic nitrogens is 1. The number of carbonyl (C=O) groups excluding carboxylic acids is 1. The Balaban J connectivity index is 2.04. The maximum atomic E-state index is 12.3. The van der Waals surface area contributed by atoms with Gasteiger partial charge in [-0.25, -0.2) is 4.98 Å². The van der Waals surface area contributed by atoms with E-state index in [0.29, 0.717) is 12.1 Å². The van der Waals surface area contributed by atoms with Crippen molar-refractivity contribution in [1.82, 2.24) is 4.98 Å². The van der Waals surface area contributed by atoms with Crippen molar-refractivity contribution in [3.05, 3.63) is 40.9 Å². The molecule has 0 fully saturated rings. The van der Waals surface area contributed by atoms with E-state index in [1.54, 1.807) is 6.92 Å². The Morgan fingerprint density at radius 2 is 1.88 bits per heavy atom. The Morgan fingerprint density at radius 1 is 1.20 bits per heavy atom. The third-order valence-electron chi connectivity index (χ3n) is 4.44. The number of carboxylic acids is 1. The van der Waals surface area contributed by atoms with Crippen molar-refractivity contribution >= 4 is 23.1 Å². The van der Waals surface area contributed by atoms with E-state index >= 15 is 0 Å². The van der Waals surface area contributed by atoms with Crippen molar-refractivity contribution in [2.45, 2.75) is 52.9 Å². The largest absolute Gasteiger partial charge is 0.481 e. The highest BCUT2D eigenvalue weighted by molar-refractivity contribution is 7.13. The molecule has 5 heteroatoms. The first-order valence-corrected chi connectivity index (χ1v) is 9.54. The zero-order chi connectivity index (χ0) is 18.4. The van der Waals surface area contributed by atoms with Crippen molar-refractivity contribution in [2.75, 3.05) is 0 Å². The van der Waals surface area contributed by atoms with Crippen molar-refractivity contribution < 1.29 is 14.7 Å². The number of benzene rings is 1. The van der Waals surface area contributed by atoms with Crippen molar-refractivity contribution in [3.8, 4) is 10.6 Å². The second kappa shape index (κ2) is 8.39. The lowest BCUT2D eigenvalue weighted by atomic mass is 9.80. The van der Waals surface area contributed by atoms with E-state index in [-0.39, 0.29) is 18.6 Å². The van der Waals surface area contributed by atoms with Crippen molar-refractivity contribution in [3.63, 3.8) is 0 Å². The Kier molecular flexibility index (Phi) is 6.48. The molecule has 1 atom stereocenters. The molecule has 25 heavy (non-hydrogen) atoms. The van der Waals surface area contributed by atoms with Gasteiger partial charge in [-0.15, -0.1) is 11.3 Å². The summed E-state index contributed by atoms with van der Waals surface area (Å²) in [4.78, 5) is 28.4. The summed E-state index contributed by atoms with van der Waals surface area (Å²) < 4.78 is 0. The van der Waals surface area contributed by atoms with E-state index in [0.717, 1.165) is 23.4 Å². The number of Topliss-reactive ketones (excluding diaryl/α,β-unsaturated/α-hetero) is 1. The van der Waals surface area contributed by atoms with Gasteiger partial charge in [0.1, 0.15) is 10.8 Å². The van der Waals surface area contributed by atoms with E-state index < -0.39 is 11.4 Å². The van der Waals surface area contributed by atoms with Crippen LogP contribution in [0, 0.1) is 5.41 Å². The fourth-order valence-electron chi connectivity index (χ4n) is 2.93. The van der Waals surface area contributed by atoms with Crippen LogP contribution in [0.1, 0.15) is 51.3 Å². The summed E-state index contributed by atoms with van der Waals surface area (Å²) in [7, 11) is 0. The topological polar surface area (TPSA) is 67.3 Å². The average molecular weight is 359 g/mol. The zero-order valence-electron chi connectivity index (χ0n) is 15.0. The lowest BCUT2D eigenvalue weighted by Crippen LogP contribution is -2.30. The number of carbonyl (C=O) groups is 2. The van der Waals surface area contributed by atoms with Gasteiger partial charge < -0.3 is 5.11 Å². The fourth-order valence-corrected chi connectivity index (χ4v) is 3.75. The van der Waals surface area contributed by atoms with Gasteiger partial charge in [0.05, 0.1) is 11.1 Å². The molecule has 0 radical (unpaired) electrons. The van der Waals surface area contributed by atoms with E-state index in [9.17, 15) is 14.7 Å². The standard InChI is InChI=1S/C20H25NO3S/c1-4-10-20(3,19(23)24)12-17(22)11-16-13-25-18(21-16)15-8-6-14(5-2)7-9-15/h6-9,13H,4-5,10-12H2,1-3H3,(H,23,24). The number of aliphatic carboxylic acids is 1. The third-order valence-corrected chi connectivity index (χ3v) is 5.38. The van der Waals surface area contributed by atoms with Crippen LogP contribution in [0.15, 0.2) is 29.6 Å². The van der Waals surface area contributed by atoms with Gasteiger partial charge in [-0.2, -0.15) is 0 Å². The lowest BCUT2D eigenvalue weighted by Gasteiger charge is -2.23. The molecular formula is C20H25NO3S. The molecule has 1 heterocycles. The molecule has 0 spiro atoms. The maximum absolute atomic E-state index is 12.3. The molecule has 0 amide bonds. The molecule has 0 aliphatic rings. The molecule has 1 aromatic carbocycles. The van der Waals surface area contributed by atoms with Crippen LogP contribution in [0.25, 0.3) is 10.6 Å². The van der Waals surface area contributed by atoms with Gasteiger partial charge in [0.25, 0.3) is 0 Å². The molecule has 0 bridgehead atoms. The first-order chi connectivity index (χ1) is 11.9. The summed E-state index contributed by atoms with van der Waals surface area (Å²) in [6.45, 7) is 5.70. The SMILES string of the molecule is CCCC(C)(CC(=O)Cc1csc(-c2ccc(CC)cc2)n1)C(=O)O. The molecule has 0 aliphatic heterocycles. The molecule has 1 N–H and O–H groups in total. The molecule has 1 aromatic heterocycles. The smallest absolute Gasteiger partial charge is 0.309 e. The summed E-state index contributed by atoms with van der Waals surface area (Å²) >= 11 is 1.51. The van der Waals surface area contributed by atoms with E-state index in [1.165, 1.54) is 16.9 Å². The first-order valence-electron chi connectivity index (χ1n) is 8.66. The highest BCUT2D eigenvalue weighted by Gasteiger charge is 2.34. The van der Waals surface area contributed by atoms with Gasteiger partial charge in [0.2, 0.25) is 0 Å². The van der Waals surface area contributed by atoms with Crippen LogP contribution in [-0.2, 0) is 22.4 Å². The Hall–Kier alpha value is -2.01. The highest BCUT2D eigenvalue weighted by atomic mass is 32.1. The number of aryl methyl sites for hydroxylation is 1. The van der Waals surface area contributed by atoms with Gasteiger partial charge in [0.15, 0.2) is 0 Å². The maximum Gasteiger partial charge on any atom is 0.309 e. The highest BCUT2D eigenvalue weighted by Crippen LogP contribution is 2.30. The van der Waals surface area contributed by atoms with E-state index in [1.807, 2.05) is 24.4 Å². The quantitative estimate of drug-likeness (QED) is 0.700. The second-order valence-electron chi connectivity index (χ2n) is 6.70. The van der Waals surface area contributed by atoms with Crippen LogP contribution in [0.3, 0.4) is 0 Å². The normalized spacial score (nSPS) is 13.4. The zero-order valence-corrected chi connectivity index (χ0v) is 15.9. The molecule has 1 unspecified atom stereocenters. The van der Waals surface area contributed by atoms with Crippen LogP contribution in [0.2, 0.25) is 0 Å². The number of carboxylic acid groups (broad SMARTS) is 1. The summed E-state index contributed by atoms with van der Waals surface area (Å²) in [6.07, 6.45) is 2.48. The first kappa shape index (κ1) is 19.3. The van der Waals surface area contributed by atoms with Crippen molar-refractivity contribution in [1.29, 1.82) is 0 Å². The van der Waals surface area contributed by atoms with Crippen LogP contribution < -0.4 is 0 Å².